The first-order valence-corrected chi connectivity index (χ1v) is 9.19. The molecule has 1 aliphatic heterocycles. The Morgan fingerprint density at radius 3 is 3.08 bits per heavy atom. The number of morpholine rings is 1. The predicted molar refractivity (Wildman–Crippen MR) is 99.8 cm³/mol. The minimum absolute atomic E-state index is 0.0573. The average Bonchev–Trinajstić information content (AvgIpc) is 2.57. The van der Waals surface area contributed by atoms with Crippen LogP contribution in [-0.2, 0) is 9.53 Å². The minimum Gasteiger partial charge on any atom is -0.489 e. The maximum Gasteiger partial charge on any atom is 0.233 e. The number of ether oxygens (including phenoxy) is 2. The molecule has 0 N–H and O–H groups in total. The fraction of sp³-hybridized carbons (Fsp3) is 0.533. The van der Waals surface area contributed by atoms with Gasteiger partial charge in [0.05, 0.1) is 30.1 Å². The smallest absolute Gasteiger partial charge is 0.233 e. The summed E-state index contributed by atoms with van der Waals surface area (Å²) in [5.74, 6) is 0.978. The molecule has 132 valence electrons. The van der Waals surface area contributed by atoms with Crippen LogP contribution in [0.1, 0.15) is 0 Å². The SMILES string of the molecule is CN(C)C(=S)SCC(=O)N1CCOC(COc2cncc(Cl)c2)C1. The summed E-state index contributed by atoms with van der Waals surface area (Å²) < 4.78 is 12.0. The van der Waals surface area contributed by atoms with Gasteiger partial charge in [-0.3, -0.25) is 9.78 Å². The summed E-state index contributed by atoms with van der Waals surface area (Å²) >= 11 is 12.4. The number of pyridine rings is 1. The minimum atomic E-state index is -0.174. The van der Waals surface area contributed by atoms with Crippen molar-refractivity contribution in [1.82, 2.24) is 14.8 Å². The van der Waals surface area contributed by atoms with Gasteiger partial charge in [0.25, 0.3) is 0 Å². The summed E-state index contributed by atoms with van der Waals surface area (Å²) in [6.45, 7) is 1.93. The molecule has 2 rings (SSSR count). The Hall–Kier alpha value is -1.09. The van der Waals surface area contributed by atoms with E-state index in [2.05, 4.69) is 4.98 Å². The van der Waals surface area contributed by atoms with Crippen molar-refractivity contribution in [3.63, 3.8) is 0 Å². The van der Waals surface area contributed by atoms with E-state index >= 15 is 0 Å². The van der Waals surface area contributed by atoms with Gasteiger partial charge in [0, 0.05) is 32.9 Å². The van der Waals surface area contributed by atoms with Crippen LogP contribution >= 0.6 is 35.6 Å². The number of halogens is 1. The molecule has 0 spiro atoms. The summed E-state index contributed by atoms with van der Waals surface area (Å²) in [7, 11) is 3.74. The highest BCUT2D eigenvalue weighted by atomic mass is 35.5. The van der Waals surface area contributed by atoms with E-state index in [9.17, 15) is 4.79 Å². The van der Waals surface area contributed by atoms with Gasteiger partial charge in [-0.2, -0.15) is 0 Å². The molecule has 1 unspecified atom stereocenters. The number of rotatable bonds is 5. The highest BCUT2D eigenvalue weighted by Gasteiger charge is 2.25. The molecular weight excluding hydrogens is 370 g/mol. The molecule has 0 aliphatic carbocycles. The van der Waals surface area contributed by atoms with Crippen LogP contribution in [-0.4, -0.2) is 77.3 Å². The van der Waals surface area contributed by atoms with Crippen LogP contribution in [0.25, 0.3) is 0 Å². The van der Waals surface area contributed by atoms with Gasteiger partial charge in [0.15, 0.2) is 0 Å². The Morgan fingerprint density at radius 2 is 2.38 bits per heavy atom. The number of carbonyl (C=O) groups is 1. The molecule has 1 amide bonds. The van der Waals surface area contributed by atoms with Crippen LogP contribution in [0.15, 0.2) is 18.5 Å². The first-order valence-electron chi connectivity index (χ1n) is 7.42. The summed E-state index contributed by atoms with van der Waals surface area (Å²) in [5.41, 5.74) is 0. The Balaban J connectivity index is 1.78. The predicted octanol–water partition coefficient (Wildman–Crippen LogP) is 1.92. The molecule has 0 aromatic carbocycles. The van der Waals surface area contributed by atoms with Crippen molar-refractivity contribution in [2.24, 2.45) is 0 Å². The van der Waals surface area contributed by atoms with Crippen LogP contribution < -0.4 is 4.74 Å². The van der Waals surface area contributed by atoms with Crippen molar-refractivity contribution >= 4 is 45.8 Å². The van der Waals surface area contributed by atoms with Crippen LogP contribution in [0.4, 0.5) is 0 Å². The second-order valence-corrected chi connectivity index (χ2v) is 7.48. The third-order valence-corrected chi connectivity index (χ3v) is 5.22. The fourth-order valence-corrected chi connectivity index (χ4v) is 3.08. The molecule has 24 heavy (non-hydrogen) atoms. The highest BCUT2D eigenvalue weighted by Crippen LogP contribution is 2.17. The zero-order valence-electron chi connectivity index (χ0n) is 13.6. The molecule has 1 aromatic heterocycles. The molecule has 9 heteroatoms. The van der Waals surface area contributed by atoms with Gasteiger partial charge in [-0.1, -0.05) is 35.6 Å². The summed E-state index contributed by atoms with van der Waals surface area (Å²) in [5, 5.41) is 0.516. The lowest BCUT2D eigenvalue weighted by Crippen LogP contribution is -2.48. The fourth-order valence-electron chi connectivity index (χ4n) is 2.05. The van der Waals surface area contributed by atoms with Crippen LogP contribution in [0.5, 0.6) is 5.75 Å². The van der Waals surface area contributed by atoms with Crippen molar-refractivity contribution in [1.29, 1.82) is 0 Å². The van der Waals surface area contributed by atoms with E-state index in [-0.39, 0.29) is 12.0 Å². The number of thioether (sulfide) groups is 1. The van der Waals surface area contributed by atoms with Crippen molar-refractivity contribution < 1.29 is 14.3 Å². The Kier molecular flexibility index (Phi) is 7.54. The summed E-state index contributed by atoms with van der Waals surface area (Å²) in [4.78, 5) is 19.9. The van der Waals surface area contributed by atoms with Gasteiger partial charge in [-0.25, -0.2) is 0 Å². The van der Waals surface area contributed by atoms with Crippen LogP contribution in [0.2, 0.25) is 5.02 Å². The quantitative estimate of drug-likeness (QED) is 0.713. The summed E-state index contributed by atoms with van der Waals surface area (Å²) in [6.07, 6.45) is 2.96. The first kappa shape index (κ1) is 19.2. The lowest BCUT2D eigenvalue weighted by Gasteiger charge is -2.33. The molecule has 1 saturated heterocycles. The monoisotopic (exact) mass is 389 g/mol. The van der Waals surface area contributed by atoms with Crippen LogP contribution in [0, 0.1) is 0 Å². The zero-order valence-corrected chi connectivity index (χ0v) is 16.0. The zero-order chi connectivity index (χ0) is 17.5. The standard InChI is InChI=1S/C15H20ClN3O3S2/c1-18(2)15(23)24-10-14(20)19-3-4-21-13(8-19)9-22-12-5-11(16)6-17-7-12/h5-7,13H,3-4,8-10H2,1-2H3. The Morgan fingerprint density at radius 1 is 1.58 bits per heavy atom. The number of hydrogen-bond donors (Lipinski definition) is 0. The highest BCUT2D eigenvalue weighted by molar-refractivity contribution is 8.23. The molecular formula is C15H20ClN3O3S2. The Bertz CT molecular complexity index is 589. The lowest BCUT2D eigenvalue weighted by molar-refractivity contribution is -0.137. The first-order chi connectivity index (χ1) is 11.5. The van der Waals surface area contributed by atoms with E-state index in [1.165, 1.54) is 11.8 Å². The van der Waals surface area contributed by atoms with Gasteiger partial charge >= 0.3 is 0 Å². The number of thiocarbonyl (C=S) groups is 1. The second kappa shape index (κ2) is 9.41. The molecule has 1 fully saturated rings. The third kappa shape index (κ3) is 6.08. The molecule has 0 radical (unpaired) electrons. The van der Waals surface area contributed by atoms with E-state index in [1.54, 1.807) is 23.4 Å². The number of hydrogen-bond acceptors (Lipinski definition) is 6. The van der Waals surface area contributed by atoms with E-state index in [4.69, 9.17) is 33.3 Å². The molecule has 0 saturated carbocycles. The van der Waals surface area contributed by atoms with Gasteiger partial charge in [-0.05, 0) is 0 Å². The van der Waals surface area contributed by atoms with E-state index in [0.717, 1.165) is 0 Å². The van der Waals surface area contributed by atoms with Crippen molar-refractivity contribution in [2.45, 2.75) is 6.10 Å². The van der Waals surface area contributed by atoms with Gasteiger partial charge in [0.1, 0.15) is 22.8 Å². The van der Waals surface area contributed by atoms with Crippen molar-refractivity contribution in [2.75, 3.05) is 46.2 Å². The number of amides is 1. The molecule has 0 bridgehead atoms. The maximum absolute atomic E-state index is 12.3. The normalized spacial score (nSPS) is 17.5. The van der Waals surface area contributed by atoms with E-state index in [1.807, 2.05) is 19.0 Å². The van der Waals surface area contributed by atoms with Crippen LogP contribution in [0.3, 0.4) is 0 Å². The number of nitrogens with zero attached hydrogens (tertiary/aromatic N) is 3. The van der Waals surface area contributed by atoms with Crippen molar-refractivity contribution in [3.05, 3.63) is 23.5 Å². The third-order valence-electron chi connectivity index (χ3n) is 3.29. The van der Waals surface area contributed by atoms with Gasteiger partial charge in [0.2, 0.25) is 5.91 Å². The van der Waals surface area contributed by atoms with E-state index in [0.29, 0.717) is 47.1 Å². The van der Waals surface area contributed by atoms with Crippen molar-refractivity contribution in [3.8, 4) is 5.75 Å². The second-order valence-electron chi connectivity index (χ2n) is 5.43. The molecule has 1 atom stereocenters. The molecule has 6 nitrogen and oxygen atoms in total. The van der Waals surface area contributed by atoms with E-state index < -0.39 is 0 Å². The topological polar surface area (TPSA) is 54.9 Å². The maximum atomic E-state index is 12.3. The number of aromatic nitrogens is 1. The molecule has 1 aliphatic rings. The Labute approximate surface area is 156 Å². The largest absolute Gasteiger partial charge is 0.489 e. The van der Waals surface area contributed by atoms with Gasteiger partial charge in [-0.15, -0.1) is 0 Å². The van der Waals surface area contributed by atoms with Gasteiger partial charge < -0.3 is 19.3 Å². The number of carbonyl (C=O) groups excluding carboxylic acids is 1. The molecule has 1 aromatic rings. The average molecular weight is 390 g/mol. The molecule has 2 heterocycles. The summed E-state index contributed by atoms with van der Waals surface area (Å²) in [6, 6.07) is 1.69. The lowest BCUT2D eigenvalue weighted by atomic mass is 10.3.